The van der Waals surface area contributed by atoms with E-state index in [-0.39, 0.29) is 41.4 Å². The van der Waals surface area contributed by atoms with Crippen molar-refractivity contribution in [2.75, 3.05) is 12.3 Å². The molecule has 7 nitrogen and oxygen atoms in total. The highest BCUT2D eigenvalue weighted by molar-refractivity contribution is 7.85. The van der Waals surface area contributed by atoms with Gasteiger partial charge in [-0.3, -0.25) is 4.79 Å². The van der Waals surface area contributed by atoms with Gasteiger partial charge in [0.2, 0.25) is 5.91 Å². The first kappa shape index (κ1) is 26.4. The molecule has 10 atom stereocenters. The molecule has 4 rings (SSSR count). The first-order valence-electron chi connectivity index (χ1n) is 13.4. The van der Waals surface area contributed by atoms with Gasteiger partial charge in [0.1, 0.15) is 0 Å². The monoisotopic (exact) mass is 498 g/mol. The lowest BCUT2D eigenvalue weighted by atomic mass is 9.43. The van der Waals surface area contributed by atoms with Gasteiger partial charge >= 0.3 is 0 Å². The largest absolute Gasteiger partial charge is 0.748 e. The van der Waals surface area contributed by atoms with Crippen LogP contribution in [-0.4, -0.2) is 53.6 Å². The van der Waals surface area contributed by atoms with Gasteiger partial charge in [-0.1, -0.05) is 20.8 Å². The van der Waals surface area contributed by atoms with Crippen LogP contribution in [0.4, 0.5) is 0 Å². The van der Waals surface area contributed by atoms with Gasteiger partial charge < -0.3 is 20.1 Å². The van der Waals surface area contributed by atoms with Gasteiger partial charge in [-0.2, -0.15) is 0 Å². The summed E-state index contributed by atoms with van der Waals surface area (Å²) in [7, 11) is -4.32. The van der Waals surface area contributed by atoms with E-state index < -0.39 is 15.9 Å². The third-order valence-corrected chi connectivity index (χ3v) is 11.7. The van der Waals surface area contributed by atoms with Crippen LogP contribution in [0.1, 0.15) is 85.0 Å². The molecule has 0 bridgehead atoms. The summed E-state index contributed by atoms with van der Waals surface area (Å²) in [5.74, 6) is 2.10. The van der Waals surface area contributed by atoms with E-state index in [4.69, 9.17) is 0 Å². The van der Waals surface area contributed by atoms with E-state index in [9.17, 15) is 28.0 Å². The molecule has 4 saturated carbocycles. The van der Waals surface area contributed by atoms with Gasteiger partial charge in [-0.25, -0.2) is 8.42 Å². The molecule has 0 radical (unpaired) electrons. The number of rotatable bonds is 7. The van der Waals surface area contributed by atoms with Gasteiger partial charge in [-0.15, -0.1) is 0 Å². The Bertz CT molecular complexity index is 863. The zero-order valence-corrected chi connectivity index (χ0v) is 21.9. The predicted molar refractivity (Wildman–Crippen MR) is 129 cm³/mol. The molecule has 4 aliphatic rings. The maximum Gasteiger partial charge on any atom is 0.220 e. The van der Waals surface area contributed by atoms with Crippen molar-refractivity contribution >= 4 is 16.0 Å². The number of amides is 1. The topological polar surface area (TPSA) is 127 Å². The van der Waals surface area contributed by atoms with Crippen LogP contribution in [-0.2, 0) is 14.9 Å². The fraction of sp³-hybridized carbons (Fsp3) is 0.962. The number of aliphatic hydroxyl groups is 2. The Morgan fingerprint density at radius 2 is 1.82 bits per heavy atom. The second-order valence-electron chi connectivity index (χ2n) is 12.5. The smallest absolute Gasteiger partial charge is 0.220 e. The molecular formula is C26H44NO6S-. The summed E-state index contributed by atoms with van der Waals surface area (Å²) < 4.78 is 32.2. The second kappa shape index (κ2) is 9.64. The van der Waals surface area contributed by atoms with Crippen molar-refractivity contribution in [3.63, 3.8) is 0 Å². The Kier molecular flexibility index (Phi) is 7.47. The van der Waals surface area contributed by atoms with E-state index in [0.717, 1.165) is 38.5 Å². The molecule has 3 N–H and O–H groups in total. The van der Waals surface area contributed by atoms with Crippen LogP contribution in [0.3, 0.4) is 0 Å². The molecule has 0 aromatic rings. The Labute approximate surface area is 205 Å². The second-order valence-corrected chi connectivity index (χ2v) is 14.0. The summed E-state index contributed by atoms with van der Waals surface area (Å²) in [5.41, 5.74) is 0.0922. The molecule has 0 aromatic carbocycles. The van der Waals surface area contributed by atoms with Gasteiger partial charge in [0.05, 0.1) is 28.1 Å². The lowest BCUT2D eigenvalue weighted by Crippen LogP contribution is -2.58. The lowest BCUT2D eigenvalue weighted by molar-refractivity contribution is -0.174. The van der Waals surface area contributed by atoms with Gasteiger partial charge in [0.25, 0.3) is 0 Å². The number of carbonyl (C=O) groups excluding carboxylic acids is 1. The highest BCUT2D eigenvalue weighted by atomic mass is 32.2. The number of nitrogens with one attached hydrogen (secondary N) is 1. The van der Waals surface area contributed by atoms with Crippen molar-refractivity contribution in [3.8, 4) is 0 Å². The van der Waals surface area contributed by atoms with Gasteiger partial charge in [0.15, 0.2) is 0 Å². The summed E-state index contributed by atoms with van der Waals surface area (Å²) >= 11 is 0. The van der Waals surface area contributed by atoms with E-state index in [1.807, 2.05) is 0 Å². The fourth-order valence-corrected chi connectivity index (χ4v) is 9.48. The molecule has 9 unspecified atom stereocenters. The number of hydrogen-bond donors (Lipinski definition) is 3. The number of fused-ring (bicyclic) bond motifs is 5. The average molecular weight is 499 g/mol. The Hall–Kier alpha value is -0.700. The lowest BCUT2D eigenvalue weighted by Gasteiger charge is -2.62. The molecule has 4 fully saturated rings. The van der Waals surface area contributed by atoms with Crippen LogP contribution in [0.5, 0.6) is 0 Å². The molecule has 4 aliphatic carbocycles. The van der Waals surface area contributed by atoms with Crippen molar-refractivity contribution in [2.45, 2.75) is 97.2 Å². The summed E-state index contributed by atoms with van der Waals surface area (Å²) in [6.07, 6.45) is 8.85. The normalized spacial score (nSPS) is 45.1. The number of aliphatic hydroxyl groups excluding tert-OH is 2. The van der Waals surface area contributed by atoms with E-state index in [2.05, 4.69) is 26.1 Å². The maximum absolute atomic E-state index is 12.2. The van der Waals surface area contributed by atoms with Crippen LogP contribution in [0.25, 0.3) is 0 Å². The zero-order chi connectivity index (χ0) is 24.9. The molecule has 0 spiro atoms. The minimum atomic E-state index is -4.32. The number of hydrogen-bond acceptors (Lipinski definition) is 6. The summed E-state index contributed by atoms with van der Waals surface area (Å²) in [6.45, 7) is 6.78. The fourth-order valence-electron chi connectivity index (χ4n) is 9.12. The van der Waals surface area contributed by atoms with Crippen LogP contribution < -0.4 is 5.32 Å². The third kappa shape index (κ3) is 4.81. The van der Waals surface area contributed by atoms with Crippen molar-refractivity contribution in [1.82, 2.24) is 5.32 Å². The van der Waals surface area contributed by atoms with Gasteiger partial charge in [0, 0.05) is 13.0 Å². The molecular weight excluding hydrogens is 454 g/mol. The molecule has 0 aromatic heterocycles. The molecule has 34 heavy (non-hydrogen) atoms. The van der Waals surface area contributed by atoms with E-state index in [0.29, 0.717) is 42.4 Å². The van der Waals surface area contributed by atoms with Gasteiger partial charge in [-0.05, 0) is 104 Å². The van der Waals surface area contributed by atoms with Crippen molar-refractivity contribution in [3.05, 3.63) is 0 Å². The van der Waals surface area contributed by atoms with Crippen LogP contribution in [0, 0.1) is 46.3 Å². The molecule has 1 amide bonds. The van der Waals surface area contributed by atoms with Crippen molar-refractivity contribution < 1.29 is 28.0 Å². The minimum absolute atomic E-state index is 0.134. The molecule has 0 aliphatic heterocycles. The quantitative estimate of drug-likeness (QED) is 0.463. The molecule has 0 saturated heterocycles. The SMILES string of the molecule is C[C@H](CCC(=O)NCCS(=O)(=O)[O-])C1CCC2C3CCC4CC(O)CCC4(C)C3CC(O)C21C. The van der Waals surface area contributed by atoms with E-state index in [1.54, 1.807) is 0 Å². The van der Waals surface area contributed by atoms with E-state index >= 15 is 0 Å². The summed E-state index contributed by atoms with van der Waals surface area (Å²) in [4.78, 5) is 12.2. The average Bonchev–Trinajstić information content (AvgIpc) is 3.11. The van der Waals surface area contributed by atoms with Crippen LogP contribution in [0.2, 0.25) is 0 Å². The highest BCUT2D eigenvalue weighted by Crippen LogP contribution is 2.68. The Balaban J connectivity index is 1.40. The van der Waals surface area contributed by atoms with Crippen LogP contribution >= 0.6 is 0 Å². The Morgan fingerprint density at radius 1 is 1.09 bits per heavy atom. The van der Waals surface area contributed by atoms with Crippen LogP contribution in [0.15, 0.2) is 0 Å². The Morgan fingerprint density at radius 3 is 2.53 bits per heavy atom. The maximum atomic E-state index is 12.2. The molecule has 196 valence electrons. The van der Waals surface area contributed by atoms with Crippen molar-refractivity contribution in [2.24, 2.45) is 46.3 Å². The third-order valence-electron chi connectivity index (χ3n) is 11.0. The molecule has 8 heteroatoms. The first-order valence-corrected chi connectivity index (χ1v) is 15.0. The van der Waals surface area contributed by atoms with E-state index in [1.165, 1.54) is 12.8 Å². The highest BCUT2D eigenvalue weighted by Gasteiger charge is 2.63. The standard InChI is InChI=1S/C26H45NO6S/c1-16(4-9-24(30)27-12-13-34(31,32)33)20-7-8-21-19-6-5-17-14-18(28)10-11-25(17,2)22(19)15-23(29)26(20,21)3/h16-23,28-29H,4-15H2,1-3H3,(H,27,30)(H,31,32,33)/p-1/t16-,17?,18?,19?,20?,21?,22?,23?,25?,26?/m1/s1. The number of carbonyl (C=O) groups is 1. The summed E-state index contributed by atoms with van der Waals surface area (Å²) in [5, 5.41) is 24.4. The van der Waals surface area contributed by atoms with Crippen molar-refractivity contribution in [1.29, 1.82) is 0 Å². The minimum Gasteiger partial charge on any atom is -0.748 e. The zero-order valence-electron chi connectivity index (χ0n) is 21.0. The summed E-state index contributed by atoms with van der Waals surface area (Å²) in [6, 6.07) is 0. The predicted octanol–water partition coefficient (Wildman–Crippen LogP) is 3.05. The first-order chi connectivity index (χ1) is 15.9. The molecule has 0 heterocycles.